The Hall–Kier alpha value is -3.82. The van der Waals surface area contributed by atoms with Gasteiger partial charge in [-0.2, -0.15) is 13.2 Å². The quantitative estimate of drug-likeness (QED) is 0.509. The van der Waals surface area contributed by atoms with Gasteiger partial charge in [-0.05, 0) is 42.0 Å². The number of carbonyl (C=O) groups is 1. The lowest BCUT2D eigenvalue weighted by Crippen LogP contribution is -2.20. The molecule has 1 unspecified atom stereocenters. The second kappa shape index (κ2) is 7.78. The lowest BCUT2D eigenvalue weighted by atomic mass is 9.93. The number of hydrogen-bond donors (Lipinski definition) is 3. The SMILES string of the molecule is Nc1nccc2c1C(c1ccc(NC(=O)Nc3cc(C(F)(F)F)ccc3F)cc1)CO2. The maximum Gasteiger partial charge on any atom is 0.416 e. The van der Waals surface area contributed by atoms with Crippen LogP contribution in [-0.2, 0) is 6.18 Å². The molecular weight excluding hydrogens is 416 g/mol. The molecule has 4 N–H and O–H groups in total. The number of nitrogens with two attached hydrogens (primary N) is 1. The Morgan fingerprint density at radius 1 is 1.10 bits per heavy atom. The summed E-state index contributed by atoms with van der Waals surface area (Å²) in [7, 11) is 0. The summed E-state index contributed by atoms with van der Waals surface area (Å²) >= 11 is 0. The number of rotatable bonds is 3. The molecule has 6 nitrogen and oxygen atoms in total. The monoisotopic (exact) mass is 432 g/mol. The molecule has 2 heterocycles. The van der Waals surface area contributed by atoms with Crippen LogP contribution < -0.4 is 21.1 Å². The number of nitrogen functional groups attached to an aromatic ring is 1. The second-order valence-electron chi connectivity index (χ2n) is 6.87. The van der Waals surface area contributed by atoms with E-state index in [1.807, 2.05) is 0 Å². The van der Waals surface area contributed by atoms with Gasteiger partial charge in [0.25, 0.3) is 0 Å². The van der Waals surface area contributed by atoms with Crippen LogP contribution in [0.2, 0.25) is 0 Å². The number of pyridine rings is 1. The van der Waals surface area contributed by atoms with E-state index in [1.54, 1.807) is 36.5 Å². The Labute approximate surface area is 174 Å². The molecule has 2 aromatic carbocycles. The summed E-state index contributed by atoms with van der Waals surface area (Å²) in [6.45, 7) is 0.396. The number of amides is 2. The van der Waals surface area contributed by atoms with Gasteiger partial charge in [0.15, 0.2) is 0 Å². The fourth-order valence-electron chi connectivity index (χ4n) is 3.35. The number of anilines is 3. The van der Waals surface area contributed by atoms with Crippen molar-refractivity contribution >= 4 is 23.2 Å². The minimum absolute atomic E-state index is 0.120. The molecule has 10 heteroatoms. The Morgan fingerprint density at radius 3 is 2.55 bits per heavy atom. The van der Waals surface area contributed by atoms with Crippen LogP contribution in [0.3, 0.4) is 0 Å². The first-order valence-corrected chi connectivity index (χ1v) is 9.14. The van der Waals surface area contributed by atoms with Crippen molar-refractivity contribution in [1.29, 1.82) is 0 Å². The van der Waals surface area contributed by atoms with Crippen LogP contribution in [0.4, 0.5) is 39.5 Å². The summed E-state index contributed by atoms with van der Waals surface area (Å²) < 4.78 is 57.8. The number of ether oxygens (including phenoxy) is 1. The molecule has 4 rings (SSSR count). The van der Waals surface area contributed by atoms with Gasteiger partial charge in [0.05, 0.1) is 23.8 Å². The largest absolute Gasteiger partial charge is 0.492 e. The van der Waals surface area contributed by atoms with Crippen LogP contribution in [0.1, 0.15) is 22.6 Å². The van der Waals surface area contributed by atoms with Crippen molar-refractivity contribution in [2.45, 2.75) is 12.1 Å². The van der Waals surface area contributed by atoms with Crippen LogP contribution in [0, 0.1) is 5.82 Å². The van der Waals surface area contributed by atoms with Crippen LogP contribution in [-0.4, -0.2) is 17.6 Å². The molecule has 0 bridgehead atoms. The number of fused-ring (bicyclic) bond motifs is 1. The molecule has 1 aromatic heterocycles. The Bertz CT molecular complexity index is 1130. The van der Waals surface area contributed by atoms with E-state index in [-0.39, 0.29) is 5.92 Å². The van der Waals surface area contributed by atoms with Gasteiger partial charge in [-0.25, -0.2) is 14.2 Å². The average molecular weight is 432 g/mol. The molecule has 1 aliphatic rings. The number of hydrogen-bond acceptors (Lipinski definition) is 4. The number of nitrogens with one attached hydrogen (secondary N) is 2. The second-order valence-corrected chi connectivity index (χ2v) is 6.87. The molecule has 0 aliphatic carbocycles. The lowest BCUT2D eigenvalue weighted by molar-refractivity contribution is -0.137. The third-order valence-corrected chi connectivity index (χ3v) is 4.85. The van der Waals surface area contributed by atoms with E-state index in [1.165, 1.54) is 0 Å². The first-order chi connectivity index (χ1) is 14.7. The Kier molecular flexibility index (Phi) is 5.14. The number of aromatic nitrogens is 1. The van der Waals surface area contributed by atoms with Crippen molar-refractivity contribution in [3.63, 3.8) is 0 Å². The summed E-state index contributed by atoms with van der Waals surface area (Å²) in [6, 6.07) is 9.39. The Balaban J connectivity index is 1.46. The first-order valence-electron chi connectivity index (χ1n) is 9.14. The van der Waals surface area contributed by atoms with E-state index in [4.69, 9.17) is 10.5 Å². The smallest absolute Gasteiger partial charge is 0.416 e. The fraction of sp³-hybridized carbons (Fsp3) is 0.143. The molecule has 31 heavy (non-hydrogen) atoms. The molecule has 160 valence electrons. The van der Waals surface area contributed by atoms with Crippen LogP contribution in [0.15, 0.2) is 54.7 Å². The van der Waals surface area contributed by atoms with E-state index < -0.39 is 29.3 Å². The van der Waals surface area contributed by atoms with E-state index in [0.29, 0.717) is 42.1 Å². The molecule has 0 radical (unpaired) electrons. The normalized spacial score (nSPS) is 15.2. The topological polar surface area (TPSA) is 89.3 Å². The number of alkyl halides is 3. The summed E-state index contributed by atoms with van der Waals surface area (Å²) in [6.07, 6.45) is -3.09. The average Bonchev–Trinajstić information content (AvgIpc) is 3.15. The molecular formula is C21H16F4N4O2. The predicted octanol–water partition coefficient (Wildman–Crippen LogP) is 4.99. The van der Waals surface area contributed by atoms with Crippen molar-refractivity contribution < 1.29 is 27.1 Å². The summed E-state index contributed by atoms with van der Waals surface area (Å²) in [5, 5.41) is 4.55. The fourth-order valence-corrected chi connectivity index (χ4v) is 3.35. The summed E-state index contributed by atoms with van der Waals surface area (Å²) in [5.41, 5.74) is 6.36. The molecule has 0 spiro atoms. The van der Waals surface area contributed by atoms with Crippen molar-refractivity contribution in [2.24, 2.45) is 0 Å². The maximum absolute atomic E-state index is 13.8. The van der Waals surface area contributed by atoms with Crippen LogP contribution >= 0.6 is 0 Å². The summed E-state index contributed by atoms with van der Waals surface area (Å²) in [5.74, 6) is -0.0535. The van der Waals surface area contributed by atoms with Gasteiger partial charge in [0.1, 0.15) is 17.4 Å². The minimum atomic E-state index is -4.65. The lowest BCUT2D eigenvalue weighted by Gasteiger charge is -2.13. The van der Waals surface area contributed by atoms with Gasteiger partial charge in [-0.3, -0.25) is 0 Å². The third kappa shape index (κ3) is 4.23. The first kappa shape index (κ1) is 20.5. The number of halogens is 4. The van der Waals surface area contributed by atoms with E-state index >= 15 is 0 Å². The van der Waals surface area contributed by atoms with Crippen molar-refractivity contribution in [3.05, 3.63) is 77.2 Å². The molecule has 2 amide bonds. The molecule has 0 saturated heterocycles. The number of urea groups is 1. The van der Waals surface area contributed by atoms with Crippen LogP contribution in [0.5, 0.6) is 5.75 Å². The molecule has 0 fully saturated rings. The zero-order valence-corrected chi connectivity index (χ0v) is 15.8. The maximum atomic E-state index is 13.8. The van der Waals surface area contributed by atoms with Crippen LogP contribution in [0.25, 0.3) is 0 Å². The van der Waals surface area contributed by atoms with Gasteiger partial charge in [-0.1, -0.05) is 12.1 Å². The van der Waals surface area contributed by atoms with Gasteiger partial charge < -0.3 is 21.1 Å². The highest BCUT2D eigenvalue weighted by molar-refractivity contribution is 5.99. The van der Waals surface area contributed by atoms with Gasteiger partial charge >= 0.3 is 12.2 Å². The number of carbonyl (C=O) groups excluding carboxylic acids is 1. The van der Waals surface area contributed by atoms with Crippen molar-refractivity contribution in [2.75, 3.05) is 23.0 Å². The zero-order chi connectivity index (χ0) is 22.2. The molecule has 1 atom stereocenters. The van der Waals surface area contributed by atoms with Gasteiger partial charge in [-0.15, -0.1) is 0 Å². The standard InChI is InChI=1S/C21H16F4N4O2/c22-15-6-3-12(21(23,24)25)9-16(15)29-20(30)28-13-4-1-11(2-5-13)14-10-31-17-7-8-27-19(26)18(14)17/h1-9,14H,10H2,(H2,26,27)(H2,28,29,30). The predicted molar refractivity (Wildman–Crippen MR) is 106 cm³/mol. The highest BCUT2D eigenvalue weighted by atomic mass is 19.4. The van der Waals surface area contributed by atoms with E-state index in [2.05, 4.69) is 15.6 Å². The Morgan fingerprint density at radius 2 is 1.84 bits per heavy atom. The zero-order valence-electron chi connectivity index (χ0n) is 15.8. The highest BCUT2D eigenvalue weighted by Crippen LogP contribution is 2.40. The molecule has 0 saturated carbocycles. The summed E-state index contributed by atoms with van der Waals surface area (Å²) in [4.78, 5) is 16.2. The van der Waals surface area contributed by atoms with E-state index in [9.17, 15) is 22.4 Å². The van der Waals surface area contributed by atoms with E-state index in [0.717, 1.165) is 11.1 Å². The number of nitrogens with zero attached hydrogens (tertiary/aromatic N) is 1. The molecule has 3 aromatic rings. The van der Waals surface area contributed by atoms with Crippen molar-refractivity contribution in [1.82, 2.24) is 4.98 Å². The highest BCUT2D eigenvalue weighted by Gasteiger charge is 2.31. The van der Waals surface area contributed by atoms with Crippen molar-refractivity contribution in [3.8, 4) is 5.75 Å². The minimum Gasteiger partial charge on any atom is -0.492 e. The van der Waals surface area contributed by atoms with Gasteiger partial charge in [0, 0.05) is 17.4 Å². The molecule has 1 aliphatic heterocycles. The number of benzene rings is 2. The van der Waals surface area contributed by atoms with Gasteiger partial charge in [0.2, 0.25) is 0 Å². The third-order valence-electron chi connectivity index (χ3n) is 4.85.